The van der Waals surface area contributed by atoms with Crippen LogP contribution in [0.3, 0.4) is 0 Å². The molecule has 0 spiro atoms. The molecule has 0 amide bonds. The first-order valence-electron chi connectivity index (χ1n) is 8.37. The summed E-state index contributed by atoms with van der Waals surface area (Å²) in [6.45, 7) is 12.8. The number of hydrogen-bond donors (Lipinski definition) is 2. The molecule has 2 N–H and O–H groups in total. The van der Waals surface area contributed by atoms with Gasteiger partial charge in [0.15, 0.2) is 0 Å². The van der Waals surface area contributed by atoms with E-state index in [4.69, 9.17) is 4.74 Å². The van der Waals surface area contributed by atoms with Gasteiger partial charge >= 0.3 is 0 Å². The van der Waals surface area contributed by atoms with Crippen molar-refractivity contribution in [3.63, 3.8) is 0 Å². The third-order valence-corrected chi connectivity index (χ3v) is 3.91. The Morgan fingerprint density at radius 2 is 1.65 bits per heavy atom. The SMILES string of the molecule is CCCCCCCCOCC(O)CNC(C)C(C)(C)C. The van der Waals surface area contributed by atoms with Crippen LogP contribution >= 0.6 is 0 Å². The highest BCUT2D eigenvalue weighted by Crippen LogP contribution is 2.18. The van der Waals surface area contributed by atoms with Crippen LogP contribution in [0.1, 0.15) is 73.1 Å². The van der Waals surface area contributed by atoms with Gasteiger partial charge in [0.1, 0.15) is 0 Å². The molecule has 20 heavy (non-hydrogen) atoms. The lowest BCUT2D eigenvalue weighted by molar-refractivity contribution is 0.0323. The maximum Gasteiger partial charge on any atom is 0.0897 e. The van der Waals surface area contributed by atoms with Crippen LogP contribution < -0.4 is 5.32 Å². The molecule has 0 saturated carbocycles. The molecule has 0 bridgehead atoms. The second-order valence-electron chi connectivity index (χ2n) is 6.99. The number of hydrogen-bond acceptors (Lipinski definition) is 3. The van der Waals surface area contributed by atoms with Gasteiger partial charge in [-0.25, -0.2) is 0 Å². The van der Waals surface area contributed by atoms with E-state index < -0.39 is 6.10 Å². The van der Waals surface area contributed by atoms with E-state index in [9.17, 15) is 5.11 Å². The quantitative estimate of drug-likeness (QED) is 0.537. The summed E-state index contributed by atoms with van der Waals surface area (Å²) < 4.78 is 5.53. The van der Waals surface area contributed by atoms with E-state index in [1.807, 2.05) is 0 Å². The number of ether oxygens (including phenoxy) is 1. The third kappa shape index (κ3) is 11.7. The minimum Gasteiger partial charge on any atom is -0.389 e. The maximum atomic E-state index is 9.85. The second kappa shape index (κ2) is 11.5. The Kier molecular flexibility index (Phi) is 11.5. The van der Waals surface area contributed by atoms with Gasteiger partial charge in [0.2, 0.25) is 0 Å². The summed E-state index contributed by atoms with van der Waals surface area (Å²) in [7, 11) is 0. The summed E-state index contributed by atoms with van der Waals surface area (Å²) in [5.74, 6) is 0. The van der Waals surface area contributed by atoms with Gasteiger partial charge in [-0.2, -0.15) is 0 Å². The van der Waals surface area contributed by atoms with Crippen LogP contribution in [0.15, 0.2) is 0 Å². The Balaban J connectivity index is 3.39. The van der Waals surface area contributed by atoms with Gasteiger partial charge in [0.25, 0.3) is 0 Å². The van der Waals surface area contributed by atoms with Gasteiger partial charge in [0, 0.05) is 19.2 Å². The highest BCUT2D eigenvalue weighted by atomic mass is 16.5. The smallest absolute Gasteiger partial charge is 0.0897 e. The highest BCUT2D eigenvalue weighted by molar-refractivity contribution is 4.77. The van der Waals surface area contributed by atoms with Crippen molar-refractivity contribution in [1.82, 2.24) is 5.32 Å². The van der Waals surface area contributed by atoms with Crippen molar-refractivity contribution >= 4 is 0 Å². The summed E-state index contributed by atoms with van der Waals surface area (Å²) >= 11 is 0. The highest BCUT2D eigenvalue weighted by Gasteiger charge is 2.20. The van der Waals surface area contributed by atoms with E-state index >= 15 is 0 Å². The standard InChI is InChI=1S/C17H37NO2/c1-6-7-8-9-10-11-12-20-14-16(19)13-18-15(2)17(3,4)5/h15-16,18-19H,6-14H2,1-5H3. The number of aliphatic hydroxyl groups excluding tert-OH is 1. The van der Waals surface area contributed by atoms with Gasteiger partial charge in [-0.05, 0) is 18.8 Å². The zero-order chi connectivity index (χ0) is 15.4. The fourth-order valence-corrected chi connectivity index (χ4v) is 1.88. The molecule has 0 saturated heterocycles. The third-order valence-electron chi connectivity index (χ3n) is 3.91. The van der Waals surface area contributed by atoms with Crippen molar-refractivity contribution in [2.24, 2.45) is 5.41 Å². The van der Waals surface area contributed by atoms with Gasteiger partial charge in [-0.3, -0.25) is 0 Å². The van der Waals surface area contributed by atoms with E-state index in [1.54, 1.807) is 0 Å². The maximum absolute atomic E-state index is 9.85. The molecule has 0 rings (SSSR count). The van der Waals surface area contributed by atoms with E-state index in [0.717, 1.165) is 13.0 Å². The number of aliphatic hydroxyl groups is 1. The van der Waals surface area contributed by atoms with Crippen LogP contribution in [0.2, 0.25) is 0 Å². The Labute approximate surface area is 126 Å². The molecule has 0 heterocycles. The molecule has 122 valence electrons. The van der Waals surface area contributed by atoms with Crippen molar-refractivity contribution < 1.29 is 9.84 Å². The molecule has 0 aromatic carbocycles. The Hall–Kier alpha value is -0.120. The fourth-order valence-electron chi connectivity index (χ4n) is 1.88. The normalized spacial score (nSPS) is 15.3. The Morgan fingerprint density at radius 1 is 1.05 bits per heavy atom. The van der Waals surface area contributed by atoms with Gasteiger partial charge < -0.3 is 15.2 Å². The lowest BCUT2D eigenvalue weighted by atomic mass is 9.88. The van der Waals surface area contributed by atoms with E-state index in [0.29, 0.717) is 19.2 Å². The molecule has 0 aromatic rings. The van der Waals surface area contributed by atoms with Crippen molar-refractivity contribution in [2.45, 2.75) is 85.3 Å². The molecular weight excluding hydrogens is 250 g/mol. The second-order valence-corrected chi connectivity index (χ2v) is 6.99. The van der Waals surface area contributed by atoms with Crippen LogP contribution in [-0.2, 0) is 4.74 Å². The van der Waals surface area contributed by atoms with E-state index in [2.05, 4.69) is 39.9 Å². The van der Waals surface area contributed by atoms with Crippen molar-refractivity contribution in [3.05, 3.63) is 0 Å². The van der Waals surface area contributed by atoms with E-state index in [1.165, 1.54) is 32.1 Å². The largest absolute Gasteiger partial charge is 0.389 e. The Bertz CT molecular complexity index is 214. The van der Waals surface area contributed by atoms with E-state index in [-0.39, 0.29) is 5.41 Å². The average molecular weight is 287 g/mol. The summed E-state index contributed by atoms with van der Waals surface area (Å²) in [5, 5.41) is 13.2. The average Bonchev–Trinajstić information content (AvgIpc) is 2.37. The summed E-state index contributed by atoms with van der Waals surface area (Å²) in [4.78, 5) is 0. The topological polar surface area (TPSA) is 41.5 Å². The van der Waals surface area contributed by atoms with Crippen molar-refractivity contribution in [3.8, 4) is 0 Å². The molecule has 0 aromatic heterocycles. The molecular formula is C17H37NO2. The van der Waals surface area contributed by atoms with Gasteiger partial charge in [0.05, 0.1) is 12.7 Å². The first-order chi connectivity index (χ1) is 9.38. The zero-order valence-corrected chi connectivity index (χ0v) is 14.4. The predicted octanol–water partition coefficient (Wildman–Crippen LogP) is 3.75. The molecule has 2 atom stereocenters. The Morgan fingerprint density at radius 3 is 2.25 bits per heavy atom. The fraction of sp³-hybridized carbons (Fsp3) is 1.00. The molecule has 0 aliphatic carbocycles. The molecule has 3 nitrogen and oxygen atoms in total. The van der Waals surface area contributed by atoms with Crippen LogP contribution in [-0.4, -0.2) is 37.0 Å². The predicted molar refractivity (Wildman–Crippen MR) is 87.1 cm³/mol. The lowest BCUT2D eigenvalue weighted by Gasteiger charge is -2.29. The molecule has 2 unspecified atom stereocenters. The summed E-state index contributed by atoms with van der Waals surface area (Å²) in [5.41, 5.74) is 0.221. The first-order valence-corrected chi connectivity index (χ1v) is 8.37. The number of rotatable bonds is 12. The summed E-state index contributed by atoms with van der Waals surface area (Å²) in [6, 6.07) is 0.385. The van der Waals surface area contributed by atoms with Gasteiger partial charge in [-0.1, -0.05) is 59.8 Å². The molecule has 0 fully saturated rings. The lowest BCUT2D eigenvalue weighted by Crippen LogP contribution is -2.42. The minimum atomic E-state index is -0.403. The van der Waals surface area contributed by atoms with Crippen LogP contribution in [0.4, 0.5) is 0 Å². The molecule has 0 aliphatic heterocycles. The molecule has 0 radical (unpaired) electrons. The molecule has 3 heteroatoms. The zero-order valence-electron chi connectivity index (χ0n) is 14.4. The van der Waals surface area contributed by atoms with Crippen molar-refractivity contribution in [1.29, 1.82) is 0 Å². The summed E-state index contributed by atoms with van der Waals surface area (Å²) in [6.07, 6.45) is 7.25. The monoisotopic (exact) mass is 287 g/mol. The van der Waals surface area contributed by atoms with Crippen molar-refractivity contribution in [2.75, 3.05) is 19.8 Å². The molecule has 0 aliphatic rings. The number of unbranched alkanes of at least 4 members (excludes halogenated alkanes) is 5. The van der Waals surface area contributed by atoms with Gasteiger partial charge in [-0.15, -0.1) is 0 Å². The van der Waals surface area contributed by atoms with Crippen LogP contribution in [0.25, 0.3) is 0 Å². The number of nitrogens with one attached hydrogen (secondary N) is 1. The minimum absolute atomic E-state index is 0.221. The van der Waals surface area contributed by atoms with Crippen LogP contribution in [0, 0.1) is 5.41 Å². The van der Waals surface area contributed by atoms with Crippen LogP contribution in [0.5, 0.6) is 0 Å². The first kappa shape index (κ1) is 19.9.